The van der Waals surface area contributed by atoms with E-state index in [1.807, 2.05) is 67.6 Å². The molecule has 0 fully saturated rings. The lowest BCUT2D eigenvalue weighted by molar-refractivity contribution is -0.126. The Morgan fingerprint density at radius 1 is 0.923 bits per heavy atom. The highest BCUT2D eigenvalue weighted by molar-refractivity contribution is 5.99. The SMILES string of the molecule is COc1ccc([C@H]2C/C=C\C[C@H](C)Oc3ccccc3C(=O)N(C)[C@@H](Cc3ccccc3)C(=O)N2)c(OC)c1. The molecule has 0 aliphatic carbocycles. The van der Waals surface area contributed by atoms with Crippen molar-refractivity contribution in [3.8, 4) is 17.2 Å². The summed E-state index contributed by atoms with van der Waals surface area (Å²) < 4.78 is 17.2. The number of carbonyl (C=O) groups excluding carboxylic acids is 2. The molecular formula is C32H36N2O5. The number of benzene rings is 3. The molecule has 0 saturated carbocycles. The van der Waals surface area contributed by atoms with Gasteiger partial charge in [-0.05, 0) is 43.2 Å². The smallest absolute Gasteiger partial charge is 0.258 e. The number of hydrogen-bond acceptors (Lipinski definition) is 5. The zero-order valence-electron chi connectivity index (χ0n) is 22.9. The summed E-state index contributed by atoms with van der Waals surface area (Å²) in [5.41, 5.74) is 2.20. The first kappa shape index (κ1) is 27.8. The number of amides is 2. The molecule has 0 aromatic heterocycles. The van der Waals surface area contributed by atoms with E-state index in [0.29, 0.717) is 42.1 Å². The molecule has 3 aromatic rings. The van der Waals surface area contributed by atoms with Crippen molar-refractivity contribution in [2.45, 2.75) is 44.4 Å². The Balaban J connectivity index is 1.76. The van der Waals surface area contributed by atoms with Gasteiger partial charge in [-0.1, -0.05) is 54.6 Å². The molecule has 7 nitrogen and oxygen atoms in total. The maximum absolute atomic E-state index is 14.0. The lowest BCUT2D eigenvalue weighted by Crippen LogP contribution is -2.49. The highest BCUT2D eigenvalue weighted by atomic mass is 16.5. The van der Waals surface area contributed by atoms with Gasteiger partial charge in [0.25, 0.3) is 5.91 Å². The maximum Gasteiger partial charge on any atom is 0.258 e. The number of nitrogens with one attached hydrogen (secondary N) is 1. The fourth-order valence-electron chi connectivity index (χ4n) is 4.74. The summed E-state index contributed by atoms with van der Waals surface area (Å²) in [6.45, 7) is 1.98. The van der Waals surface area contributed by atoms with Crippen molar-refractivity contribution < 1.29 is 23.8 Å². The van der Waals surface area contributed by atoms with E-state index in [9.17, 15) is 9.59 Å². The van der Waals surface area contributed by atoms with E-state index in [1.54, 1.807) is 45.5 Å². The summed E-state index contributed by atoms with van der Waals surface area (Å²) in [6, 6.07) is 21.3. The molecule has 204 valence electrons. The number of methoxy groups -OCH3 is 2. The van der Waals surface area contributed by atoms with Gasteiger partial charge in [0.05, 0.1) is 31.9 Å². The lowest BCUT2D eigenvalue weighted by Gasteiger charge is -2.31. The van der Waals surface area contributed by atoms with Gasteiger partial charge in [0.1, 0.15) is 23.3 Å². The first-order valence-electron chi connectivity index (χ1n) is 13.1. The van der Waals surface area contributed by atoms with Crippen LogP contribution in [0.25, 0.3) is 0 Å². The number of carbonyl (C=O) groups is 2. The summed E-state index contributed by atoms with van der Waals surface area (Å²) in [5, 5.41) is 3.22. The van der Waals surface area contributed by atoms with E-state index in [2.05, 4.69) is 5.32 Å². The van der Waals surface area contributed by atoms with E-state index >= 15 is 0 Å². The van der Waals surface area contributed by atoms with Gasteiger partial charge in [0, 0.05) is 31.5 Å². The summed E-state index contributed by atoms with van der Waals surface area (Å²) >= 11 is 0. The molecular weight excluding hydrogens is 492 g/mol. The highest BCUT2D eigenvalue weighted by Gasteiger charge is 2.31. The second-order valence-corrected chi connectivity index (χ2v) is 9.66. The van der Waals surface area contributed by atoms with Crippen molar-refractivity contribution in [2.75, 3.05) is 21.3 Å². The van der Waals surface area contributed by atoms with E-state index in [0.717, 1.165) is 11.1 Å². The molecule has 2 amide bonds. The largest absolute Gasteiger partial charge is 0.497 e. The molecule has 0 radical (unpaired) electrons. The van der Waals surface area contributed by atoms with Gasteiger partial charge in [0.2, 0.25) is 5.91 Å². The van der Waals surface area contributed by atoms with Crippen molar-refractivity contribution in [1.29, 1.82) is 0 Å². The zero-order valence-corrected chi connectivity index (χ0v) is 22.9. The van der Waals surface area contributed by atoms with Gasteiger partial charge in [-0.15, -0.1) is 0 Å². The summed E-state index contributed by atoms with van der Waals surface area (Å²) in [5.74, 6) is 1.25. The number of nitrogens with zero attached hydrogens (tertiary/aromatic N) is 1. The highest BCUT2D eigenvalue weighted by Crippen LogP contribution is 2.32. The Labute approximate surface area is 230 Å². The number of para-hydroxylation sites is 1. The second-order valence-electron chi connectivity index (χ2n) is 9.66. The molecule has 39 heavy (non-hydrogen) atoms. The van der Waals surface area contributed by atoms with E-state index < -0.39 is 6.04 Å². The van der Waals surface area contributed by atoms with Crippen LogP contribution in [0.5, 0.6) is 17.2 Å². The standard InChI is InChI=1S/C32H36N2O5/c1-22-12-8-10-16-27(25-19-18-24(37-3)21-30(25)38-4)33-31(35)28(20-23-13-6-5-7-14-23)34(2)32(36)26-15-9-11-17-29(26)39-22/h5-11,13-15,17-19,21-22,27-28H,12,16,20H2,1-4H3,(H,33,35)/b10-8-/t22-,27+,28-/m0/s1. The average Bonchev–Trinajstić information content (AvgIpc) is 2.96. The Bertz CT molecular complexity index is 1310. The van der Waals surface area contributed by atoms with Crippen molar-refractivity contribution in [1.82, 2.24) is 10.2 Å². The molecule has 0 saturated heterocycles. The molecule has 0 bridgehead atoms. The first-order chi connectivity index (χ1) is 18.9. The minimum absolute atomic E-state index is 0.146. The van der Waals surface area contributed by atoms with Crippen molar-refractivity contribution in [2.24, 2.45) is 0 Å². The van der Waals surface area contributed by atoms with Crippen LogP contribution in [0.4, 0.5) is 0 Å². The number of ether oxygens (including phenoxy) is 3. The molecule has 1 aliphatic heterocycles. The number of hydrogen-bond donors (Lipinski definition) is 1. The van der Waals surface area contributed by atoms with Crippen molar-refractivity contribution >= 4 is 11.8 Å². The lowest BCUT2D eigenvalue weighted by atomic mass is 9.98. The molecule has 0 unspecified atom stereocenters. The Hall–Kier alpha value is -4.26. The van der Waals surface area contributed by atoms with Gasteiger partial charge in [-0.2, -0.15) is 0 Å². The van der Waals surface area contributed by atoms with Crippen LogP contribution in [0.1, 0.15) is 47.3 Å². The van der Waals surface area contributed by atoms with Crippen LogP contribution in [0.3, 0.4) is 0 Å². The van der Waals surface area contributed by atoms with Crippen LogP contribution >= 0.6 is 0 Å². The third-order valence-corrected chi connectivity index (χ3v) is 6.95. The van der Waals surface area contributed by atoms with Gasteiger partial charge in [0.15, 0.2) is 0 Å². The average molecular weight is 529 g/mol. The summed E-state index contributed by atoms with van der Waals surface area (Å²) in [4.78, 5) is 29.3. The van der Waals surface area contributed by atoms with Gasteiger partial charge < -0.3 is 24.4 Å². The Morgan fingerprint density at radius 3 is 2.38 bits per heavy atom. The Morgan fingerprint density at radius 2 is 1.64 bits per heavy atom. The fraction of sp³-hybridized carbons (Fsp3) is 0.312. The van der Waals surface area contributed by atoms with Crippen LogP contribution in [0.15, 0.2) is 84.9 Å². The first-order valence-corrected chi connectivity index (χ1v) is 13.1. The van der Waals surface area contributed by atoms with Gasteiger partial charge in [-0.3, -0.25) is 9.59 Å². The third-order valence-electron chi connectivity index (χ3n) is 6.95. The topological polar surface area (TPSA) is 77.1 Å². The normalized spacial score (nSPS) is 21.1. The minimum atomic E-state index is -0.760. The van der Waals surface area contributed by atoms with Crippen LogP contribution in [0, 0.1) is 0 Å². The fourth-order valence-corrected chi connectivity index (χ4v) is 4.74. The van der Waals surface area contributed by atoms with Crippen LogP contribution in [0.2, 0.25) is 0 Å². The van der Waals surface area contributed by atoms with Crippen molar-refractivity contribution in [3.63, 3.8) is 0 Å². The predicted molar refractivity (Wildman–Crippen MR) is 151 cm³/mol. The minimum Gasteiger partial charge on any atom is -0.497 e. The molecule has 7 heteroatoms. The van der Waals surface area contributed by atoms with E-state index in [4.69, 9.17) is 14.2 Å². The van der Waals surface area contributed by atoms with Gasteiger partial charge >= 0.3 is 0 Å². The monoisotopic (exact) mass is 528 g/mol. The molecule has 1 aliphatic rings. The van der Waals surface area contributed by atoms with Crippen LogP contribution < -0.4 is 19.5 Å². The molecule has 0 spiro atoms. The van der Waals surface area contributed by atoms with Gasteiger partial charge in [-0.25, -0.2) is 0 Å². The molecule has 3 atom stereocenters. The van der Waals surface area contributed by atoms with Crippen LogP contribution in [-0.2, 0) is 11.2 Å². The zero-order chi connectivity index (χ0) is 27.8. The van der Waals surface area contributed by atoms with E-state index in [1.165, 1.54) is 4.90 Å². The quantitative estimate of drug-likeness (QED) is 0.451. The number of rotatable bonds is 5. The molecule has 4 rings (SSSR count). The second kappa shape index (κ2) is 13.0. The maximum atomic E-state index is 14.0. The van der Waals surface area contributed by atoms with Crippen molar-refractivity contribution in [3.05, 3.63) is 102 Å². The Kier molecular flexibility index (Phi) is 9.26. The molecule has 1 heterocycles. The molecule has 3 aromatic carbocycles. The van der Waals surface area contributed by atoms with E-state index in [-0.39, 0.29) is 24.0 Å². The summed E-state index contributed by atoms with van der Waals surface area (Å²) in [7, 11) is 4.87. The summed E-state index contributed by atoms with van der Waals surface area (Å²) in [6.07, 6.45) is 5.49. The number of likely N-dealkylation sites (N-methyl/N-ethyl adjacent to an activating group) is 1. The number of fused-ring (bicyclic) bond motifs is 1. The predicted octanol–water partition coefficient (Wildman–Crippen LogP) is 5.36. The molecule has 1 N–H and O–H groups in total. The van der Waals surface area contributed by atoms with Crippen LogP contribution in [-0.4, -0.2) is 50.1 Å². The third kappa shape index (κ3) is 6.79.